The highest BCUT2D eigenvalue weighted by atomic mass is 35.5. The second-order valence-electron chi connectivity index (χ2n) is 6.96. The average molecular weight is 439 g/mol. The van der Waals surface area contributed by atoms with E-state index in [4.69, 9.17) is 21.1 Å². The second kappa shape index (κ2) is 9.02. The van der Waals surface area contributed by atoms with Crippen LogP contribution in [0.3, 0.4) is 0 Å². The lowest BCUT2D eigenvalue weighted by Crippen LogP contribution is -2.49. The number of amides is 1. The van der Waals surface area contributed by atoms with Gasteiger partial charge in [-0.3, -0.25) is 4.79 Å². The molecule has 0 saturated carbocycles. The number of hydrogen-bond donors (Lipinski definition) is 2. The predicted octanol–water partition coefficient (Wildman–Crippen LogP) is 2.73. The van der Waals surface area contributed by atoms with Crippen LogP contribution in [0.1, 0.15) is 19.4 Å². The third kappa shape index (κ3) is 5.20. The van der Waals surface area contributed by atoms with E-state index in [1.165, 1.54) is 12.1 Å². The van der Waals surface area contributed by atoms with Crippen molar-refractivity contribution in [1.82, 2.24) is 10.0 Å². The summed E-state index contributed by atoms with van der Waals surface area (Å²) in [6.45, 7) is 4.51. The summed E-state index contributed by atoms with van der Waals surface area (Å²) in [5.74, 6) is 0.158. The first-order valence-corrected chi connectivity index (χ1v) is 11.1. The van der Waals surface area contributed by atoms with Crippen LogP contribution in [-0.2, 0) is 21.4 Å². The Bertz CT molecular complexity index is 994. The van der Waals surface area contributed by atoms with Crippen LogP contribution in [0.15, 0.2) is 47.4 Å². The van der Waals surface area contributed by atoms with Gasteiger partial charge in [0.15, 0.2) is 11.5 Å². The molecule has 1 aliphatic rings. The maximum Gasteiger partial charge on any atom is 0.241 e. The molecule has 1 amide bonds. The Morgan fingerprint density at radius 3 is 2.48 bits per heavy atom. The maximum absolute atomic E-state index is 12.9. The van der Waals surface area contributed by atoms with Crippen molar-refractivity contribution in [2.45, 2.75) is 31.3 Å². The molecule has 29 heavy (non-hydrogen) atoms. The van der Waals surface area contributed by atoms with Crippen LogP contribution < -0.4 is 19.5 Å². The van der Waals surface area contributed by atoms with Crippen molar-refractivity contribution in [3.8, 4) is 11.5 Å². The third-order valence-corrected chi connectivity index (χ3v) is 6.27. The Labute approximate surface area is 175 Å². The lowest BCUT2D eigenvalue weighted by Gasteiger charge is -2.23. The highest BCUT2D eigenvalue weighted by molar-refractivity contribution is 7.89. The van der Waals surface area contributed by atoms with Crippen LogP contribution in [0.4, 0.5) is 0 Å². The van der Waals surface area contributed by atoms with E-state index >= 15 is 0 Å². The first-order valence-electron chi connectivity index (χ1n) is 9.21. The lowest BCUT2D eigenvalue weighted by molar-refractivity contribution is -0.123. The molecule has 0 spiro atoms. The maximum atomic E-state index is 12.9. The molecule has 1 atom stereocenters. The number of hydrogen-bond acceptors (Lipinski definition) is 5. The van der Waals surface area contributed by atoms with Crippen molar-refractivity contribution in [1.29, 1.82) is 0 Å². The fraction of sp³-hybridized carbons (Fsp3) is 0.350. The number of sulfonamides is 1. The number of benzene rings is 2. The number of rotatable bonds is 7. The zero-order valence-corrected chi connectivity index (χ0v) is 17.7. The average Bonchev–Trinajstić information content (AvgIpc) is 2.70. The number of nitrogens with one attached hydrogen (secondary N) is 2. The van der Waals surface area contributed by atoms with E-state index in [9.17, 15) is 13.2 Å². The Hall–Kier alpha value is -2.29. The van der Waals surface area contributed by atoms with Gasteiger partial charge < -0.3 is 14.8 Å². The van der Waals surface area contributed by atoms with Gasteiger partial charge in [-0.1, -0.05) is 43.6 Å². The van der Waals surface area contributed by atoms with E-state index in [0.29, 0.717) is 29.7 Å². The van der Waals surface area contributed by atoms with Gasteiger partial charge in [0, 0.05) is 17.6 Å². The molecular formula is C20H23ClN2O5S. The summed E-state index contributed by atoms with van der Waals surface area (Å²) in [4.78, 5) is 12.7. The normalized spacial score (nSPS) is 14.5. The van der Waals surface area contributed by atoms with E-state index in [2.05, 4.69) is 10.0 Å². The highest BCUT2D eigenvalue weighted by Gasteiger charge is 2.29. The van der Waals surface area contributed by atoms with Crippen LogP contribution >= 0.6 is 11.6 Å². The molecule has 1 aliphatic heterocycles. The zero-order valence-electron chi connectivity index (χ0n) is 16.1. The summed E-state index contributed by atoms with van der Waals surface area (Å²) < 4.78 is 39.1. The number of ether oxygens (including phenoxy) is 2. The molecule has 0 unspecified atom stereocenters. The molecule has 2 aromatic carbocycles. The summed E-state index contributed by atoms with van der Waals surface area (Å²) in [6, 6.07) is 10.6. The number of carbonyl (C=O) groups excluding carboxylic acids is 1. The molecule has 2 N–H and O–H groups in total. The zero-order chi connectivity index (χ0) is 21.0. The molecule has 1 heterocycles. The van der Waals surface area contributed by atoms with Gasteiger partial charge in [-0.15, -0.1) is 0 Å². The van der Waals surface area contributed by atoms with E-state index in [-0.39, 0.29) is 17.4 Å². The van der Waals surface area contributed by atoms with Crippen molar-refractivity contribution in [3.63, 3.8) is 0 Å². The van der Waals surface area contributed by atoms with Crippen LogP contribution in [0.25, 0.3) is 0 Å². The Morgan fingerprint density at radius 1 is 1.10 bits per heavy atom. The molecule has 3 rings (SSSR count). The largest absolute Gasteiger partial charge is 0.486 e. The molecule has 156 valence electrons. The lowest BCUT2D eigenvalue weighted by atomic mass is 10.0. The fourth-order valence-electron chi connectivity index (χ4n) is 2.85. The summed E-state index contributed by atoms with van der Waals surface area (Å²) in [5.41, 5.74) is 0.750. The molecule has 0 fully saturated rings. The van der Waals surface area contributed by atoms with Crippen LogP contribution in [0.2, 0.25) is 5.02 Å². The Morgan fingerprint density at radius 2 is 1.79 bits per heavy atom. The smallest absolute Gasteiger partial charge is 0.241 e. The summed E-state index contributed by atoms with van der Waals surface area (Å²) in [5, 5.41) is 3.28. The first-order chi connectivity index (χ1) is 13.8. The number of fused-ring (bicyclic) bond motifs is 1. The highest BCUT2D eigenvalue weighted by Crippen LogP contribution is 2.32. The third-order valence-electron chi connectivity index (χ3n) is 4.47. The van der Waals surface area contributed by atoms with Gasteiger partial charge in [0.05, 0.1) is 4.90 Å². The van der Waals surface area contributed by atoms with Crippen molar-refractivity contribution in [3.05, 3.63) is 53.1 Å². The van der Waals surface area contributed by atoms with Crippen molar-refractivity contribution < 1.29 is 22.7 Å². The van der Waals surface area contributed by atoms with Crippen LogP contribution in [-0.4, -0.2) is 33.6 Å². The number of halogens is 1. The molecule has 9 heteroatoms. The standard InChI is InChI=1S/C20H23ClN2O5S/c1-13(2)19(20(24)22-12-14-5-3-4-6-16(14)21)23-29(25,26)15-7-8-17-18(11-15)28-10-9-27-17/h3-8,11,13,19,23H,9-10,12H2,1-2H3,(H,22,24)/t19-/m0/s1. The van der Waals surface area contributed by atoms with Crippen molar-refractivity contribution in [2.75, 3.05) is 13.2 Å². The topological polar surface area (TPSA) is 93.7 Å². The molecule has 2 aromatic rings. The molecule has 7 nitrogen and oxygen atoms in total. The minimum absolute atomic E-state index is 0.00584. The van der Waals surface area contributed by atoms with E-state index in [1.54, 1.807) is 38.1 Å². The molecule has 0 radical (unpaired) electrons. The van der Waals surface area contributed by atoms with Crippen LogP contribution in [0, 0.1) is 5.92 Å². The van der Waals surface area contributed by atoms with Crippen molar-refractivity contribution >= 4 is 27.5 Å². The van der Waals surface area contributed by atoms with Crippen molar-refractivity contribution in [2.24, 2.45) is 5.92 Å². The SMILES string of the molecule is CC(C)[C@H](NS(=O)(=O)c1ccc2c(c1)OCCO2)C(=O)NCc1ccccc1Cl. The van der Waals surface area contributed by atoms with Gasteiger partial charge in [0.2, 0.25) is 15.9 Å². The van der Waals surface area contributed by atoms with Gasteiger partial charge >= 0.3 is 0 Å². The van der Waals surface area contributed by atoms with Gasteiger partial charge in [-0.2, -0.15) is 4.72 Å². The van der Waals surface area contributed by atoms with Gasteiger partial charge in [0.1, 0.15) is 19.3 Å². The fourth-order valence-corrected chi connectivity index (χ4v) is 4.41. The van der Waals surface area contributed by atoms with E-state index in [0.717, 1.165) is 5.56 Å². The number of carbonyl (C=O) groups is 1. The van der Waals surface area contributed by atoms with Crippen LogP contribution in [0.5, 0.6) is 11.5 Å². The molecular weight excluding hydrogens is 416 g/mol. The molecule has 0 bridgehead atoms. The van der Waals surface area contributed by atoms with Gasteiger partial charge in [-0.05, 0) is 29.7 Å². The molecule has 0 aromatic heterocycles. The monoisotopic (exact) mass is 438 g/mol. The van der Waals surface area contributed by atoms with E-state index in [1.807, 2.05) is 6.07 Å². The minimum Gasteiger partial charge on any atom is -0.486 e. The molecule has 0 aliphatic carbocycles. The minimum atomic E-state index is -3.95. The van der Waals surface area contributed by atoms with E-state index < -0.39 is 22.0 Å². The quantitative estimate of drug-likeness (QED) is 0.693. The predicted molar refractivity (Wildman–Crippen MR) is 110 cm³/mol. The van der Waals surface area contributed by atoms with Gasteiger partial charge in [0.25, 0.3) is 0 Å². The summed E-state index contributed by atoms with van der Waals surface area (Å²) in [7, 11) is -3.95. The Kier molecular flexibility index (Phi) is 6.66. The second-order valence-corrected chi connectivity index (χ2v) is 9.08. The summed E-state index contributed by atoms with van der Waals surface area (Å²) >= 11 is 6.11. The molecule has 0 saturated heterocycles. The van der Waals surface area contributed by atoms with Gasteiger partial charge in [-0.25, -0.2) is 8.42 Å². The first kappa shape index (κ1) is 21.4. The summed E-state index contributed by atoms with van der Waals surface area (Å²) in [6.07, 6.45) is 0. The Balaban J connectivity index is 1.73.